The molecule has 19 heavy (non-hydrogen) atoms. The molecule has 0 aromatic heterocycles. The van der Waals surface area contributed by atoms with Gasteiger partial charge in [0.2, 0.25) is 5.91 Å². The molecule has 0 aromatic carbocycles. The Labute approximate surface area is 112 Å². The van der Waals surface area contributed by atoms with Gasteiger partial charge in [0.1, 0.15) is 6.04 Å². The van der Waals surface area contributed by atoms with Gasteiger partial charge in [-0.15, -0.1) is 0 Å². The quantitative estimate of drug-likeness (QED) is 0.692. The van der Waals surface area contributed by atoms with Gasteiger partial charge in [0.25, 0.3) is 5.91 Å². The van der Waals surface area contributed by atoms with Gasteiger partial charge in [-0.05, 0) is 25.2 Å². The van der Waals surface area contributed by atoms with Gasteiger partial charge in [-0.3, -0.25) is 14.9 Å². The highest BCUT2D eigenvalue weighted by Crippen LogP contribution is 2.28. The molecule has 0 radical (unpaired) electrons. The zero-order chi connectivity index (χ0) is 14.0. The molecule has 1 aliphatic heterocycles. The molecule has 2 fully saturated rings. The molecule has 0 bridgehead atoms. The van der Waals surface area contributed by atoms with Crippen LogP contribution >= 0.6 is 0 Å². The van der Waals surface area contributed by atoms with Gasteiger partial charge in [0, 0.05) is 12.6 Å². The lowest BCUT2D eigenvalue weighted by Gasteiger charge is -2.24. The normalized spacial score (nSPS) is 22.4. The highest BCUT2D eigenvalue weighted by Gasteiger charge is 2.37. The Morgan fingerprint density at radius 3 is 2.53 bits per heavy atom. The van der Waals surface area contributed by atoms with Crippen molar-refractivity contribution in [2.24, 2.45) is 5.92 Å². The molecule has 2 rings (SSSR count). The Bertz CT molecular complexity index is 391. The van der Waals surface area contributed by atoms with Crippen LogP contribution in [0.25, 0.3) is 0 Å². The SMILES string of the molecule is CC(C)CCN(C(=O)CC1NC(=O)NC1=O)C1CC1. The number of imide groups is 1. The van der Waals surface area contributed by atoms with Crippen molar-refractivity contribution in [3.8, 4) is 0 Å². The highest BCUT2D eigenvalue weighted by atomic mass is 16.2. The predicted molar refractivity (Wildman–Crippen MR) is 69.3 cm³/mol. The molecule has 0 spiro atoms. The third-order valence-electron chi connectivity index (χ3n) is 3.49. The maximum atomic E-state index is 12.2. The summed E-state index contributed by atoms with van der Waals surface area (Å²) in [4.78, 5) is 36.6. The van der Waals surface area contributed by atoms with Crippen LogP contribution in [-0.4, -0.2) is 41.4 Å². The third kappa shape index (κ3) is 3.68. The number of nitrogens with zero attached hydrogens (tertiary/aromatic N) is 1. The molecule has 6 nitrogen and oxygen atoms in total. The summed E-state index contributed by atoms with van der Waals surface area (Å²) in [5, 5.41) is 4.61. The standard InChI is InChI=1S/C13H21N3O3/c1-8(2)5-6-16(9-3-4-9)11(17)7-10-12(18)15-13(19)14-10/h8-10H,3-7H2,1-2H3,(H2,14,15,18,19). The number of rotatable bonds is 6. The van der Waals surface area contributed by atoms with Crippen molar-refractivity contribution in [2.75, 3.05) is 6.54 Å². The summed E-state index contributed by atoms with van der Waals surface area (Å²) in [6.07, 6.45) is 3.12. The van der Waals surface area contributed by atoms with Crippen molar-refractivity contribution in [2.45, 2.75) is 51.6 Å². The van der Waals surface area contributed by atoms with Crippen LogP contribution in [0.4, 0.5) is 4.79 Å². The van der Waals surface area contributed by atoms with E-state index in [2.05, 4.69) is 24.5 Å². The summed E-state index contributed by atoms with van der Waals surface area (Å²) in [6.45, 7) is 4.99. The molecule has 4 amide bonds. The predicted octanol–water partition coefficient (Wildman–Crippen LogP) is 0.622. The second-order valence-corrected chi connectivity index (χ2v) is 5.72. The summed E-state index contributed by atoms with van der Waals surface area (Å²) in [5.41, 5.74) is 0. The van der Waals surface area contributed by atoms with E-state index in [0.717, 1.165) is 25.8 Å². The zero-order valence-electron chi connectivity index (χ0n) is 11.4. The summed E-state index contributed by atoms with van der Waals surface area (Å²) < 4.78 is 0. The number of carbonyl (C=O) groups excluding carboxylic acids is 3. The van der Waals surface area contributed by atoms with Crippen LogP contribution in [0, 0.1) is 5.92 Å². The first kappa shape index (κ1) is 13.8. The van der Waals surface area contributed by atoms with E-state index < -0.39 is 18.0 Å². The summed E-state index contributed by atoms with van der Waals surface area (Å²) >= 11 is 0. The Hall–Kier alpha value is -1.59. The summed E-state index contributed by atoms with van der Waals surface area (Å²) in [5.74, 6) is 0.104. The van der Waals surface area contributed by atoms with Crippen molar-refractivity contribution >= 4 is 17.8 Å². The average Bonchev–Trinajstić information content (AvgIpc) is 3.07. The minimum Gasteiger partial charge on any atom is -0.340 e. The highest BCUT2D eigenvalue weighted by molar-refractivity contribution is 6.05. The van der Waals surface area contributed by atoms with Gasteiger partial charge in [-0.25, -0.2) is 4.79 Å². The van der Waals surface area contributed by atoms with E-state index in [0.29, 0.717) is 12.0 Å². The number of nitrogens with one attached hydrogen (secondary N) is 2. The topological polar surface area (TPSA) is 78.5 Å². The fraction of sp³-hybridized carbons (Fsp3) is 0.769. The Kier molecular flexibility index (Phi) is 4.07. The molecule has 2 aliphatic rings. The van der Waals surface area contributed by atoms with Gasteiger partial charge in [-0.1, -0.05) is 13.8 Å². The van der Waals surface area contributed by atoms with Gasteiger partial charge < -0.3 is 10.2 Å². The van der Waals surface area contributed by atoms with Gasteiger partial charge in [0.05, 0.1) is 6.42 Å². The van der Waals surface area contributed by atoms with Crippen molar-refractivity contribution in [3.05, 3.63) is 0 Å². The lowest BCUT2D eigenvalue weighted by Crippen LogP contribution is -2.40. The van der Waals surface area contributed by atoms with E-state index in [1.54, 1.807) is 0 Å². The number of hydrogen-bond donors (Lipinski definition) is 2. The largest absolute Gasteiger partial charge is 0.340 e. The molecule has 0 aromatic rings. The fourth-order valence-corrected chi connectivity index (χ4v) is 2.19. The average molecular weight is 267 g/mol. The van der Waals surface area contributed by atoms with Crippen LogP contribution < -0.4 is 10.6 Å². The Balaban J connectivity index is 1.88. The maximum Gasteiger partial charge on any atom is 0.322 e. The van der Waals surface area contributed by atoms with Crippen LogP contribution in [0.3, 0.4) is 0 Å². The molecule has 1 atom stereocenters. The number of urea groups is 1. The molecule has 6 heteroatoms. The minimum absolute atomic E-state index is 0.0366. The number of hydrogen-bond acceptors (Lipinski definition) is 3. The van der Waals surface area contributed by atoms with Gasteiger partial charge in [-0.2, -0.15) is 0 Å². The molecule has 1 heterocycles. The van der Waals surface area contributed by atoms with Crippen molar-refractivity contribution < 1.29 is 14.4 Å². The van der Waals surface area contributed by atoms with Crippen LogP contribution in [0.5, 0.6) is 0 Å². The van der Waals surface area contributed by atoms with Crippen molar-refractivity contribution in [3.63, 3.8) is 0 Å². The van der Waals surface area contributed by atoms with Crippen LogP contribution in [-0.2, 0) is 9.59 Å². The first-order valence-electron chi connectivity index (χ1n) is 6.88. The monoisotopic (exact) mass is 267 g/mol. The van der Waals surface area contributed by atoms with E-state index in [1.807, 2.05) is 4.90 Å². The molecule has 1 aliphatic carbocycles. The molecular formula is C13H21N3O3. The molecule has 1 saturated carbocycles. The lowest BCUT2D eigenvalue weighted by molar-refractivity contribution is -0.134. The van der Waals surface area contributed by atoms with E-state index >= 15 is 0 Å². The van der Waals surface area contributed by atoms with Crippen LogP contribution in [0.1, 0.15) is 39.5 Å². The maximum absolute atomic E-state index is 12.2. The Morgan fingerprint density at radius 1 is 1.37 bits per heavy atom. The molecule has 2 N–H and O–H groups in total. The molecule has 1 saturated heterocycles. The third-order valence-corrected chi connectivity index (χ3v) is 3.49. The fourth-order valence-electron chi connectivity index (χ4n) is 2.19. The van der Waals surface area contributed by atoms with E-state index in [-0.39, 0.29) is 12.3 Å². The van der Waals surface area contributed by atoms with E-state index in [4.69, 9.17) is 0 Å². The summed E-state index contributed by atoms with van der Waals surface area (Å²) in [6, 6.07) is -0.880. The molecular weight excluding hydrogens is 246 g/mol. The second kappa shape index (κ2) is 5.59. The minimum atomic E-state index is -0.708. The second-order valence-electron chi connectivity index (χ2n) is 5.72. The smallest absolute Gasteiger partial charge is 0.322 e. The molecule has 1 unspecified atom stereocenters. The van der Waals surface area contributed by atoms with Gasteiger partial charge in [0.15, 0.2) is 0 Å². The Morgan fingerprint density at radius 2 is 2.05 bits per heavy atom. The molecule has 106 valence electrons. The van der Waals surface area contributed by atoms with Crippen molar-refractivity contribution in [1.29, 1.82) is 0 Å². The number of amides is 4. The van der Waals surface area contributed by atoms with Gasteiger partial charge >= 0.3 is 6.03 Å². The number of carbonyl (C=O) groups is 3. The van der Waals surface area contributed by atoms with E-state index in [1.165, 1.54) is 0 Å². The van der Waals surface area contributed by atoms with E-state index in [9.17, 15) is 14.4 Å². The van der Waals surface area contributed by atoms with Crippen LogP contribution in [0.2, 0.25) is 0 Å². The lowest BCUT2D eigenvalue weighted by atomic mass is 10.1. The summed E-state index contributed by atoms with van der Waals surface area (Å²) in [7, 11) is 0. The zero-order valence-corrected chi connectivity index (χ0v) is 11.4. The first-order valence-corrected chi connectivity index (χ1v) is 6.88. The van der Waals surface area contributed by atoms with Crippen LogP contribution in [0.15, 0.2) is 0 Å². The first-order chi connectivity index (χ1) is 8.97. The van der Waals surface area contributed by atoms with Crippen molar-refractivity contribution in [1.82, 2.24) is 15.5 Å².